The number of aliphatic hydroxyl groups is 4. The Morgan fingerprint density at radius 3 is 1.24 bits per heavy atom. The van der Waals surface area contributed by atoms with Gasteiger partial charge in [-0.1, -0.05) is 49.3 Å². The minimum absolute atomic E-state index is 0.00411. The predicted molar refractivity (Wildman–Crippen MR) is 324 cm³/mol. The molecule has 4 aromatic rings. The van der Waals surface area contributed by atoms with E-state index in [1.54, 1.807) is 0 Å². The van der Waals surface area contributed by atoms with E-state index >= 15 is 0 Å². The number of nitrogens with zero attached hydrogens (tertiary/aromatic N) is 8. The lowest BCUT2D eigenvalue weighted by atomic mass is 9.87. The van der Waals surface area contributed by atoms with Crippen molar-refractivity contribution in [3.05, 3.63) is 25.3 Å². The summed E-state index contributed by atoms with van der Waals surface area (Å²) in [5, 5.41) is 53.2. The lowest BCUT2D eigenvalue weighted by Gasteiger charge is -2.30. The van der Waals surface area contributed by atoms with Gasteiger partial charge in [-0.05, 0) is 0 Å². The van der Waals surface area contributed by atoms with Crippen LogP contribution in [0.15, 0.2) is 25.3 Å². The summed E-state index contributed by atoms with van der Waals surface area (Å²) < 4.78 is 125. The van der Waals surface area contributed by atoms with E-state index in [1.165, 1.54) is 49.3 Å². The lowest BCUT2D eigenvalue weighted by Crippen LogP contribution is -2.46. The normalized spacial score (nSPS) is 23.5. The number of nitrogens with one attached hydrogen (secondary N) is 4. The van der Waals surface area contributed by atoms with Gasteiger partial charge in [0.2, 0.25) is 23.6 Å². The molecule has 0 spiro atoms. The van der Waals surface area contributed by atoms with Crippen LogP contribution in [0.4, 0.5) is 11.6 Å². The molecule has 2 aliphatic rings. The number of imidazole rings is 2. The predicted octanol–water partition coefficient (Wildman–Crippen LogP) is -2.80. The van der Waals surface area contributed by atoms with Crippen LogP contribution in [0, 0.1) is 10.8 Å². The van der Waals surface area contributed by atoms with E-state index in [-0.39, 0.29) is 73.0 Å². The summed E-state index contributed by atoms with van der Waals surface area (Å²) in [6.45, 7) is 0.354. The van der Waals surface area contributed by atoms with Gasteiger partial charge < -0.3 is 102 Å². The number of rotatable bonds is 39. The summed E-state index contributed by atoms with van der Waals surface area (Å²) in [4.78, 5) is 153. The number of phosphoric acid groups is 6. The molecule has 96 heavy (non-hydrogen) atoms. The maximum atomic E-state index is 12.8. The zero-order valence-corrected chi connectivity index (χ0v) is 57.3. The number of anilines is 2. The van der Waals surface area contributed by atoms with Crippen molar-refractivity contribution < 1.29 is 151 Å². The molecule has 20 N–H and O–H groups in total. The quantitative estimate of drug-likeness (QED) is 0.0122. The number of aromatic nitrogens is 8. The first-order valence-corrected chi connectivity index (χ1v) is 39.0. The van der Waals surface area contributed by atoms with E-state index in [0.717, 1.165) is 34.4 Å². The molecule has 46 nitrogen and oxygen atoms in total. The number of nitrogen functional groups attached to an aromatic ring is 2. The van der Waals surface area contributed by atoms with Crippen molar-refractivity contribution >= 4 is 126 Å². The number of aliphatic hydroxyl groups excluding tert-OH is 4. The molecule has 6 heterocycles. The van der Waals surface area contributed by atoms with Crippen LogP contribution < -0.4 is 32.7 Å². The third kappa shape index (κ3) is 23.7. The fourth-order valence-corrected chi connectivity index (χ4v) is 15.9. The van der Waals surface area contributed by atoms with Gasteiger partial charge in [-0.25, -0.2) is 57.3 Å². The summed E-state index contributed by atoms with van der Waals surface area (Å²) in [6, 6.07) is 0. The highest BCUT2D eigenvalue weighted by molar-refractivity contribution is 8.76. The van der Waals surface area contributed by atoms with Crippen molar-refractivity contribution in [2.75, 3.05) is 75.6 Å². The van der Waals surface area contributed by atoms with E-state index < -0.39 is 169 Å². The van der Waals surface area contributed by atoms with Gasteiger partial charge in [-0.2, -0.15) is 8.62 Å². The number of fused-ring (bicyclic) bond motifs is 2. The van der Waals surface area contributed by atoms with Crippen LogP contribution in [-0.4, -0.2) is 235 Å². The van der Waals surface area contributed by atoms with Gasteiger partial charge in [-0.3, -0.25) is 55.5 Å². The minimum atomic E-state index is -5.65. The summed E-state index contributed by atoms with van der Waals surface area (Å²) in [5.74, 6) is -2.44. The van der Waals surface area contributed by atoms with Gasteiger partial charge in [0.05, 0.1) is 39.1 Å². The number of phosphoric ester groups is 6. The van der Waals surface area contributed by atoms with Crippen molar-refractivity contribution in [1.29, 1.82) is 0 Å². The Morgan fingerprint density at radius 2 is 0.896 bits per heavy atom. The van der Waals surface area contributed by atoms with Gasteiger partial charge >= 0.3 is 46.9 Å². The number of nitrogens with two attached hydrogens (primary N) is 2. The molecule has 2 fully saturated rings. The first-order valence-electron chi connectivity index (χ1n) is 27.4. The van der Waals surface area contributed by atoms with Gasteiger partial charge in [0.1, 0.15) is 72.5 Å². The van der Waals surface area contributed by atoms with Crippen LogP contribution in [-0.2, 0) is 91.8 Å². The molecule has 0 aliphatic carbocycles. The Bertz CT molecular complexity index is 3450. The van der Waals surface area contributed by atoms with Crippen LogP contribution in [0.5, 0.6) is 0 Å². The summed E-state index contributed by atoms with van der Waals surface area (Å²) in [6.07, 6.45) is -14.6. The molecular weight excluding hydrogens is 1460 g/mol. The standard InChI is InChI=1S/C42H70N14O32P6S2/c1-41(2,15-81-93(75,76)87-91(71,72)79-13-21-29(85-89(65,66)67)27(59)39(83-21)55-19-53-25-33(43)49-17-51-35(25)55)31(61)37(63)47-7-5-23(57)45-9-11-95-96-12-10-46-24(58)6-8-48-38(64)32(62)42(3,4)16-82-94(77,78)88-92(73,74)80-14-22-30(86-90(68,69)70)28(60)40(84-22)56-20-54-26-34(44)50-18-52-36(26)56/h17-22,27-32,39-40,59-62H,5-16H2,1-4H3,(H,45,57)(H,46,58)(H,47,63)(H,48,64)(H,71,72)(H,73,74)(H,75,76)(H,77,78)(H2,43,49,51)(H2,44,50,52)(H2,65,66,67)(H2,68,69,70)/t21-,22-,27-,28-,29-,30-,31?,32?,39-,40-/m1/s1. The third-order valence-electron chi connectivity index (χ3n) is 13.3. The maximum Gasteiger partial charge on any atom is 0.481 e. The Morgan fingerprint density at radius 1 is 0.552 bits per heavy atom. The number of carbonyl (C=O) groups is 4. The largest absolute Gasteiger partial charge is 0.481 e. The molecule has 4 aromatic heterocycles. The zero-order chi connectivity index (χ0) is 71.6. The minimum Gasteiger partial charge on any atom is -0.386 e. The second kappa shape index (κ2) is 33.5. The Kier molecular flexibility index (Phi) is 28.2. The molecule has 14 atom stereocenters. The van der Waals surface area contributed by atoms with Crippen molar-refractivity contribution in [1.82, 2.24) is 60.3 Å². The molecule has 4 amide bonds. The average Bonchev–Trinajstić information content (AvgIpc) is 1.62. The summed E-state index contributed by atoms with van der Waals surface area (Å²) in [5.41, 5.74) is 8.26. The molecule has 2 saturated heterocycles. The molecule has 0 radical (unpaired) electrons. The van der Waals surface area contributed by atoms with E-state index in [9.17, 15) is 106 Å². The summed E-state index contributed by atoms with van der Waals surface area (Å²) in [7, 11) is -30.6. The monoisotopic (exact) mass is 1530 g/mol. The van der Waals surface area contributed by atoms with Gasteiger partial charge in [0.15, 0.2) is 35.4 Å². The number of amides is 4. The van der Waals surface area contributed by atoms with Crippen LogP contribution in [0.1, 0.15) is 53.0 Å². The second-order valence-electron chi connectivity index (χ2n) is 21.8. The topological polar surface area (TPSA) is 693 Å². The molecule has 0 saturated carbocycles. The Labute approximate surface area is 549 Å². The van der Waals surface area contributed by atoms with Gasteiger partial charge in [-0.15, -0.1) is 0 Å². The average molecular weight is 1530 g/mol. The highest BCUT2D eigenvalue weighted by Crippen LogP contribution is 2.63. The van der Waals surface area contributed by atoms with Crippen LogP contribution >= 0.6 is 68.5 Å². The number of hydrogen-bond donors (Lipinski definition) is 18. The van der Waals surface area contributed by atoms with Crippen molar-refractivity contribution in [3.63, 3.8) is 0 Å². The molecule has 2 aliphatic heterocycles. The Balaban J connectivity index is 0.798. The fourth-order valence-electron chi connectivity index (χ4n) is 8.46. The van der Waals surface area contributed by atoms with Crippen LogP contribution in [0.25, 0.3) is 22.3 Å². The number of carbonyl (C=O) groups excluding carboxylic acids is 4. The molecule has 0 aromatic carbocycles. The molecular formula is C42H70N14O32P6S2. The van der Waals surface area contributed by atoms with Gasteiger partial charge in [0.25, 0.3) is 0 Å². The van der Waals surface area contributed by atoms with Crippen molar-refractivity contribution in [3.8, 4) is 0 Å². The number of hydrogen-bond acceptors (Lipinski definition) is 34. The fraction of sp³-hybridized carbons (Fsp3) is 0.667. The van der Waals surface area contributed by atoms with Crippen molar-refractivity contribution in [2.45, 2.75) is 102 Å². The first kappa shape index (κ1) is 80.8. The SMILES string of the molecule is CC(C)(COP(=O)(O)OP(=O)(O)OC[C@H]1O[C@@H](n2cnc3c(N)ncnc32)[C@H](O)[C@@H]1OP(=O)(O)O)C(O)C(=O)NCCC(=O)NCCSSCCNC(=O)CCNC(=O)C(O)C(C)(C)COP(=O)(O)OP(=O)(O)OC[C@H]1O[C@@H](n2cnc3c(N)ncnc32)[C@H](O)[C@@H]1OP(=O)(O)O. The smallest absolute Gasteiger partial charge is 0.386 e. The van der Waals surface area contributed by atoms with E-state index in [1.807, 2.05) is 0 Å². The maximum absolute atomic E-state index is 12.8. The van der Waals surface area contributed by atoms with Crippen LogP contribution in [0.2, 0.25) is 0 Å². The molecule has 6 unspecified atom stereocenters. The van der Waals surface area contributed by atoms with Gasteiger partial charge in [0, 0.05) is 61.4 Å². The second-order valence-corrected chi connectivity index (χ2v) is 33.0. The summed E-state index contributed by atoms with van der Waals surface area (Å²) >= 11 is 0. The van der Waals surface area contributed by atoms with E-state index in [4.69, 9.17) is 39.0 Å². The van der Waals surface area contributed by atoms with Crippen molar-refractivity contribution in [2.24, 2.45) is 10.8 Å². The van der Waals surface area contributed by atoms with E-state index in [2.05, 4.69) is 68.8 Å². The molecule has 54 heteroatoms. The van der Waals surface area contributed by atoms with E-state index in [0.29, 0.717) is 11.5 Å². The molecule has 0 bridgehead atoms. The molecule has 542 valence electrons. The zero-order valence-electron chi connectivity index (χ0n) is 50.3. The lowest BCUT2D eigenvalue weighted by molar-refractivity contribution is -0.137. The molecule has 6 rings (SSSR count). The number of ether oxygens (including phenoxy) is 2. The van der Waals surface area contributed by atoms with Crippen LogP contribution in [0.3, 0.4) is 0 Å². The highest BCUT2D eigenvalue weighted by Gasteiger charge is 2.52. The third-order valence-corrected chi connectivity index (χ3v) is 21.9. The Hall–Kier alpha value is -4.22. The highest BCUT2D eigenvalue weighted by atomic mass is 33.1. The first-order chi connectivity index (χ1) is 44.4.